The Morgan fingerprint density at radius 2 is 2.00 bits per heavy atom. The van der Waals surface area contributed by atoms with Crippen molar-refractivity contribution in [3.05, 3.63) is 62.1 Å². The van der Waals surface area contributed by atoms with Crippen LogP contribution in [0.4, 0.5) is 17.1 Å². The van der Waals surface area contributed by atoms with Crippen LogP contribution >= 0.6 is 15.9 Å². The first kappa shape index (κ1) is 15.0. The maximum atomic E-state index is 11.0. The van der Waals surface area contributed by atoms with E-state index in [1.165, 1.54) is 12.1 Å². The summed E-state index contributed by atoms with van der Waals surface area (Å²) in [6, 6.07) is 9.24. The van der Waals surface area contributed by atoms with Crippen molar-refractivity contribution in [2.24, 2.45) is 0 Å². The van der Waals surface area contributed by atoms with Gasteiger partial charge in [-0.2, -0.15) is 0 Å². The molecule has 2 aromatic rings. The maximum Gasteiger partial charge on any atom is 0.335 e. The van der Waals surface area contributed by atoms with E-state index in [2.05, 4.69) is 21.2 Å². The highest BCUT2D eigenvalue weighted by Crippen LogP contribution is 2.31. The summed E-state index contributed by atoms with van der Waals surface area (Å²) < 4.78 is 0.703. The third-order valence-electron chi connectivity index (χ3n) is 2.89. The van der Waals surface area contributed by atoms with E-state index < -0.39 is 10.9 Å². The van der Waals surface area contributed by atoms with Gasteiger partial charge in [-0.05, 0) is 42.8 Å². The van der Waals surface area contributed by atoms with E-state index in [1.807, 2.05) is 0 Å². The molecule has 0 aliphatic carbocycles. The number of hydrogen-bond acceptors (Lipinski definition) is 4. The first-order valence-corrected chi connectivity index (χ1v) is 6.72. The van der Waals surface area contributed by atoms with E-state index >= 15 is 0 Å². The van der Waals surface area contributed by atoms with Crippen molar-refractivity contribution in [1.82, 2.24) is 0 Å². The summed E-state index contributed by atoms with van der Waals surface area (Å²) in [5.74, 6) is -1.01. The molecule has 0 radical (unpaired) electrons. The summed E-state index contributed by atoms with van der Waals surface area (Å²) in [4.78, 5) is 21.5. The number of rotatable bonds is 4. The van der Waals surface area contributed by atoms with E-state index in [1.54, 1.807) is 31.2 Å². The van der Waals surface area contributed by atoms with Gasteiger partial charge < -0.3 is 10.4 Å². The standard InChI is InChI=1S/C14H11BrN2O4/c1-8-6-10(3-4-11(8)14(18)19)16-12-7-9(15)2-5-13(12)17(20)21/h2-7,16H,1H3,(H,18,19). The van der Waals surface area contributed by atoms with Gasteiger partial charge in [-0.15, -0.1) is 0 Å². The van der Waals surface area contributed by atoms with Crippen LogP contribution in [0.15, 0.2) is 40.9 Å². The van der Waals surface area contributed by atoms with Crippen molar-refractivity contribution in [2.45, 2.75) is 6.92 Å². The lowest BCUT2D eigenvalue weighted by Gasteiger charge is -2.09. The van der Waals surface area contributed by atoms with Gasteiger partial charge in [0, 0.05) is 16.2 Å². The summed E-state index contributed by atoms with van der Waals surface area (Å²) >= 11 is 3.26. The molecule has 0 saturated heterocycles. The number of aromatic carboxylic acids is 1. The van der Waals surface area contributed by atoms with Crippen LogP contribution in [0, 0.1) is 17.0 Å². The Morgan fingerprint density at radius 3 is 2.57 bits per heavy atom. The van der Waals surface area contributed by atoms with Crippen LogP contribution in [0.1, 0.15) is 15.9 Å². The largest absolute Gasteiger partial charge is 0.478 e. The third-order valence-corrected chi connectivity index (χ3v) is 3.38. The lowest BCUT2D eigenvalue weighted by Crippen LogP contribution is -2.01. The number of carbonyl (C=O) groups is 1. The van der Waals surface area contributed by atoms with Gasteiger partial charge in [0.05, 0.1) is 10.5 Å². The average molecular weight is 351 g/mol. The van der Waals surface area contributed by atoms with Crippen LogP contribution in [-0.4, -0.2) is 16.0 Å². The van der Waals surface area contributed by atoms with Gasteiger partial charge in [-0.3, -0.25) is 10.1 Å². The molecule has 2 rings (SSSR count). The zero-order valence-electron chi connectivity index (χ0n) is 11.0. The molecular formula is C14H11BrN2O4. The molecule has 2 aromatic carbocycles. The van der Waals surface area contributed by atoms with E-state index in [9.17, 15) is 14.9 Å². The molecule has 2 N–H and O–H groups in total. The van der Waals surface area contributed by atoms with E-state index in [0.717, 1.165) is 0 Å². The molecule has 0 saturated carbocycles. The number of hydrogen-bond donors (Lipinski definition) is 2. The molecule has 108 valence electrons. The van der Waals surface area contributed by atoms with Gasteiger partial charge in [0.25, 0.3) is 5.69 Å². The highest BCUT2D eigenvalue weighted by Gasteiger charge is 2.15. The van der Waals surface area contributed by atoms with E-state index in [0.29, 0.717) is 21.4 Å². The number of aryl methyl sites for hydroxylation is 1. The Labute approximate surface area is 128 Å². The molecule has 0 atom stereocenters. The molecule has 0 aromatic heterocycles. The first-order valence-electron chi connectivity index (χ1n) is 5.93. The van der Waals surface area contributed by atoms with Crippen LogP contribution in [0.2, 0.25) is 0 Å². The highest BCUT2D eigenvalue weighted by molar-refractivity contribution is 9.10. The van der Waals surface area contributed by atoms with Gasteiger partial charge in [-0.1, -0.05) is 15.9 Å². The molecule has 0 aliphatic rings. The number of benzene rings is 2. The maximum absolute atomic E-state index is 11.0. The Bertz CT molecular complexity index is 731. The molecule has 0 bridgehead atoms. The van der Waals surface area contributed by atoms with E-state index in [4.69, 9.17) is 5.11 Å². The monoisotopic (exact) mass is 350 g/mol. The molecule has 0 amide bonds. The van der Waals surface area contributed by atoms with Crippen LogP contribution < -0.4 is 5.32 Å². The second-order valence-electron chi connectivity index (χ2n) is 4.38. The summed E-state index contributed by atoms with van der Waals surface area (Å²) in [6.07, 6.45) is 0. The minimum absolute atomic E-state index is 0.0573. The summed E-state index contributed by atoms with van der Waals surface area (Å²) in [6.45, 7) is 1.67. The zero-order valence-corrected chi connectivity index (χ0v) is 12.5. The Balaban J connectivity index is 2.38. The SMILES string of the molecule is Cc1cc(Nc2cc(Br)ccc2[N+](=O)[O-])ccc1C(=O)O. The molecule has 21 heavy (non-hydrogen) atoms. The summed E-state index contributed by atoms with van der Waals surface area (Å²) in [5.41, 5.74) is 1.63. The number of nitro benzene ring substituents is 1. The normalized spacial score (nSPS) is 10.2. The van der Waals surface area contributed by atoms with Crippen molar-refractivity contribution in [3.63, 3.8) is 0 Å². The number of nitro groups is 1. The number of nitrogens with one attached hydrogen (secondary N) is 1. The second kappa shape index (κ2) is 5.92. The van der Waals surface area contributed by atoms with Gasteiger partial charge in [0.2, 0.25) is 0 Å². The average Bonchev–Trinajstić information content (AvgIpc) is 2.37. The van der Waals surface area contributed by atoms with Crippen molar-refractivity contribution in [2.75, 3.05) is 5.32 Å². The number of carboxylic acids is 1. The van der Waals surface area contributed by atoms with Crippen LogP contribution in [0.3, 0.4) is 0 Å². The molecule has 0 aliphatic heterocycles. The molecule has 0 heterocycles. The summed E-state index contributed by atoms with van der Waals surface area (Å²) in [5, 5.41) is 22.9. The van der Waals surface area contributed by atoms with Crippen molar-refractivity contribution < 1.29 is 14.8 Å². The first-order chi connectivity index (χ1) is 9.88. The molecule has 6 nitrogen and oxygen atoms in total. The van der Waals surface area contributed by atoms with Gasteiger partial charge in [0.15, 0.2) is 0 Å². The van der Waals surface area contributed by atoms with Crippen LogP contribution in [-0.2, 0) is 0 Å². The third kappa shape index (κ3) is 3.38. The Morgan fingerprint density at radius 1 is 1.29 bits per heavy atom. The lowest BCUT2D eigenvalue weighted by atomic mass is 10.1. The van der Waals surface area contributed by atoms with Crippen molar-refractivity contribution >= 4 is 39.0 Å². The Hall–Kier alpha value is -2.41. The van der Waals surface area contributed by atoms with Gasteiger partial charge in [-0.25, -0.2) is 4.79 Å². The molecular weight excluding hydrogens is 340 g/mol. The fourth-order valence-electron chi connectivity index (χ4n) is 1.90. The summed E-state index contributed by atoms with van der Waals surface area (Å²) in [7, 11) is 0. The molecule has 0 unspecified atom stereocenters. The minimum Gasteiger partial charge on any atom is -0.478 e. The van der Waals surface area contributed by atoms with Crippen molar-refractivity contribution in [3.8, 4) is 0 Å². The number of nitrogens with zero attached hydrogens (tertiary/aromatic N) is 1. The zero-order chi connectivity index (χ0) is 15.6. The smallest absolute Gasteiger partial charge is 0.335 e. The van der Waals surface area contributed by atoms with E-state index in [-0.39, 0.29) is 11.3 Å². The fraction of sp³-hybridized carbons (Fsp3) is 0.0714. The van der Waals surface area contributed by atoms with Crippen molar-refractivity contribution in [1.29, 1.82) is 0 Å². The van der Waals surface area contributed by atoms with Crippen LogP contribution in [0.25, 0.3) is 0 Å². The molecule has 7 heteroatoms. The number of halogens is 1. The van der Waals surface area contributed by atoms with Crippen LogP contribution in [0.5, 0.6) is 0 Å². The fourth-order valence-corrected chi connectivity index (χ4v) is 2.27. The minimum atomic E-state index is -1.01. The predicted molar refractivity (Wildman–Crippen MR) is 82.2 cm³/mol. The lowest BCUT2D eigenvalue weighted by molar-refractivity contribution is -0.383. The number of carboxylic acid groups (broad SMARTS) is 1. The Kier molecular flexibility index (Phi) is 4.23. The quantitative estimate of drug-likeness (QED) is 0.639. The second-order valence-corrected chi connectivity index (χ2v) is 5.29. The topological polar surface area (TPSA) is 92.5 Å². The predicted octanol–water partition coefficient (Wildman–Crippen LogP) is 4.11. The molecule has 0 spiro atoms. The highest BCUT2D eigenvalue weighted by atomic mass is 79.9. The van der Waals surface area contributed by atoms with Gasteiger partial charge in [0.1, 0.15) is 5.69 Å². The number of anilines is 2. The molecule has 0 fully saturated rings. The van der Waals surface area contributed by atoms with Gasteiger partial charge >= 0.3 is 5.97 Å².